The SMILES string of the molecule is CCCNc1ncnc(NCC2(SC)CCC2)c1CC. The molecular weight excluding hydrogens is 268 g/mol. The van der Waals surface area contributed by atoms with Crippen molar-refractivity contribution in [2.75, 3.05) is 30.0 Å². The van der Waals surface area contributed by atoms with E-state index in [2.05, 4.69) is 40.7 Å². The first-order chi connectivity index (χ1) is 9.74. The fourth-order valence-corrected chi connectivity index (χ4v) is 3.48. The van der Waals surface area contributed by atoms with Crippen LogP contribution in [0.3, 0.4) is 0 Å². The molecule has 0 saturated heterocycles. The molecule has 0 spiro atoms. The third kappa shape index (κ3) is 3.37. The Kier molecular flexibility index (Phi) is 5.52. The van der Waals surface area contributed by atoms with Crippen LogP contribution in [-0.4, -0.2) is 34.1 Å². The van der Waals surface area contributed by atoms with E-state index < -0.39 is 0 Å². The molecule has 1 aliphatic carbocycles. The third-order valence-corrected chi connectivity index (χ3v) is 5.54. The molecular formula is C15H26N4S. The van der Waals surface area contributed by atoms with Gasteiger partial charge >= 0.3 is 0 Å². The summed E-state index contributed by atoms with van der Waals surface area (Å²) in [6, 6.07) is 0. The highest BCUT2D eigenvalue weighted by molar-refractivity contribution is 8.00. The van der Waals surface area contributed by atoms with Crippen LogP contribution >= 0.6 is 11.8 Å². The summed E-state index contributed by atoms with van der Waals surface area (Å²) < 4.78 is 0.424. The van der Waals surface area contributed by atoms with Gasteiger partial charge in [0.15, 0.2) is 0 Å². The van der Waals surface area contributed by atoms with Gasteiger partial charge in [-0.15, -0.1) is 0 Å². The highest BCUT2D eigenvalue weighted by atomic mass is 32.2. The first kappa shape index (κ1) is 15.4. The zero-order valence-corrected chi connectivity index (χ0v) is 13.6. The van der Waals surface area contributed by atoms with E-state index in [9.17, 15) is 0 Å². The van der Waals surface area contributed by atoms with Crippen LogP contribution in [0, 0.1) is 0 Å². The van der Waals surface area contributed by atoms with Gasteiger partial charge in [0.2, 0.25) is 0 Å². The lowest BCUT2D eigenvalue weighted by atomic mass is 9.84. The van der Waals surface area contributed by atoms with Crippen LogP contribution in [-0.2, 0) is 6.42 Å². The highest BCUT2D eigenvalue weighted by Crippen LogP contribution is 2.42. The van der Waals surface area contributed by atoms with Gasteiger partial charge in [0, 0.05) is 23.4 Å². The largest absolute Gasteiger partial charge is 0.370 e. The van der Waals surface area contributed by atoms with Gasteiger partial charge in [0.1, 0.15) is 18.0 Å². The van der Waals surface area contributed by atoms with Crippen molar-refractivity contribution in [1.82, 2.24) is 9.97 Å². The van der Waals surface area contributed by atoms with Crippen LogP contribution in [0.15, 0.2) is 6.33 Å². The molecule has 4 nitrogen and oxygen atoms in total. The van der Waals surface area contributed by atoms with Gasteiger partial charge in [-0.05, 0) is 31.9 Å². The number of hydrogen-bond donors (Lipinski definition) is 2. The van der Waals surface area contributed by atoms with Crippen molar-refractivity contribution < 1.29 is 0 Å². The number of anilines is 2. The first-order valence-electron chi connectivity index (χ1n) is 7.61. The topological polar surface area (TPSA) is 49.8 Å². The molecule has 1 aromatic heterocycles. The molecule has 1 fully saturated rings. The summed E-state index contributed by atoms with van der Waals surface area (Å²) in [5.41, 5.74) is 1.21. The molecule has 5 heteroatoms. The summed E-state index contributed by atoms with van der Waals surface area (Å²) in [5.74, 6) is 1.99. The maximum absolute atomic E-state index is 4.44. The molecule has 0 aliphatic heterocycles. The average molecular weight is 294 g/mol. The third-order valence-electron chi connectivity index (χ3n) is 4.12. The smallest absolute Gasteiger partial charge is 0.134 e. The monoisotopic (exact) mass is 294 g/mol. The van der Waals surface area contributed by atoms with Crippen molar-refractivity contribution in [2.24, 2.45) is 0 Å². The van der Waals surface area contributed by atoms with Gasteiger partial charge < -0.3 is 10.6 Å². The lowest BCUT2D eigenvalue weighted by Crippen LogP contribution is -2.40. The van der Waals surface area contributed by atoms with Gasteiger partial charge in [-0.25, -0.2) is 9.97 Å². The average Bonchev–Trinajstić information content (AvgIpc) is 2.44. The molecule has 2 rings (SSSR count). The van der Waals surface area contributed by atoms with E-state index in [0.29, 0.717) is 4.75 Å². The van der Waals surface area contributed by atoms with E-state index in [4.69, 9.17) is 0 Å². The minimum atomic E-state index is 0.424. The number of thioether (sulfide) groups is 1. The van der Waals surface area contributed by atoms with Crippen LogP contribution in [0.4, 0.5) is 11.6 Å². The molecule has 20 heavy (non-hydrogen) atoms. The Balaban J connectivity index is 2.06. The van der Waals surface area contributed by atoms with Crippen molar-refractivity contribution in [2.45, 2.75) is 50.7 Å². The molecule has 1 heterocycles. The molecule has 0 radical (unpaired) electrons. The van der Waals surface area contributed by atoms with Gasteiger partial charge in [-0.3, -0.25) is 0 Å². The molecule has 0 atom stereocenters. The van der Waals surface area contributed by atoms with E-state index in [-0.39, 0.29) is 0 Å². The maximum atomic E-state index is 4.44. The summed E-state index contributed by atoms with van der Waals surface area (Å²) in [7, 11) is 0. The van der Waals surface area contributed by atoms with E-state index >= 15 is 0 Å². The van der Waals surface area contributed by atoms with Gasteiger partial charge in [0.25, 0.3) is 0 Å². The predicted molar refractivity (Wildman–Crippen MR) is 88.8 cm³/mol. The van der Waals surface area contributed by atoms with Gasteiger partial charge in [0.05, 0.1) is 0 Å². The fourth-order valence-electron chi connectivity index (χ4n) is 2.56. The molecule has 2 N–H and O–H groups in total. The van der Waals surface area contributed by atoms with Crippen molar-refractivity contribution in [3.8, 4) is 0 Å². The van der Waals surface area contributed by atoms with Crippen LogP contribution in [0.5, 0.6) is 0 Å². The summed E-state index contributed by atoms with van der Waals surface area (Å²) >= 11 is 1.99. The van der Waals surface area contributed by atoms with E-state index in [1.807, 2.05) is 11.8 Å². The summed E-state index contributed by atoms with van der Waals surface area (Å²) in [6.07, 6.45) is 9.91. The zero-order valence-electron chi connectivity index (χ0n) is 12.8. The number of nitrogens with one attached hydrogen (secondary N) is 2. The number of aromatic nitrogens is 2. The maximum Gasteiger partial charge on any atom is 0.134 e. The van der Waals surface area contributed by atoms with E-state index in [1.54, 1.807) is 6.33 Å². The second-order valence-corrected chi connectivity index (χ2v) is 6.70. The Morgan fingerprint density at radius 1 is 1.20 bits per heavy atom. The van der Waals surface area contributed by atoms with E-state index in [1.165, 1.54) is 24.8 Å². The lowest BCUT2D eigenvalue weighted by molar-refractivity contribution is 0.379. The number of hydrogen-bond acceptors (Lipinski definition) is 5. The summed E-state index contributed by atoms with van der Waals surface area (Å²) in [5, 5.41) is 6.96. The van der Waals surface area contributed by atoms with Gasteiger partial charge in [-0.1, -0.05) is 20.3 Å². The standard InChI is InChI=1S/C15H26N4S/c1-4-9-16-13-12(5-2)14(19-11-18-13)17-10-15(20-3)7-6-8-15/h11H,4-10H2,1-3H3,(H2,16,17,18,19). The Hall–Kier alpha value is -0.970. The van der Waals surface area contributed by atoms with Crippen molar-refractivity contribution in [3.05, 3.63) is 11.9 Å². The highest BCUT2D eigenvalue weighted by Gasteiger charge is 2.36. The lowest BCUT2D eigenvalue weighted by Gasteiger charge is -2.40. The van der Waals surface area contributed by atoms with Crippen LogP contribution < -0.4 is 10.6 Å². The molecule has 0 aromatic carbocycles. The van der Waals surface area contributed by atoms with Crippen LogP contribution in [0.25, 0.3) is 0 Å². The predicted octanol–water partition coefficient (Wildman–Crippen LogP) is 3.56. The molecule has 112 valence electrons. The van der Waals surface area contributed by atoms with Crippen LogP contribution in [0.2, 0.25) is 0 Å². The van der Waals surface area contributed by atoms with Crippen molar-refractivity contribution in [3.63, 3.8) is 0 Å². The molecule has 0 unspecified atom stereocenters. The molecule has 1 saturated carbocycles. The van der Waals surface area contributed by atoms with Crippen molar-refractivity contribution in [1.29, 1.82) is 0 Å². The van der Waals surface area contributed by atoms with E-state index in [0.717, 1.165) is 37.6 Å². The second kappa shape index (κ2) is 7.16. The van der Waals surface area contributed by atoms with Crippen LogP contribution in [0.1, 0.15) is 45.1 Å². The molecule has 0 amide bonds. The number of rotatable bonds is 8. The quantitative estimate of drug-likeness (QED) is 0.768. The molecule has 0 bridgehead atoms. The minimum Gasteiger partial charge on any atom is -0.370 e. The number of nitrogens with zero attached hydrogens (tertiary/aromatic N) is 2. The fraction of sp³-hybridized carbons (Fsp3) is 0.733. The van der Waals surface area contributed by atoms with Crippen molar-refractivity contribution >= 4 is 23.4 Å². The first-order valence-corrected chi connectivity index (χ1v) is 8.84. The van der Waals surface area contributed by atoms with Gasteiger partial charge in [-0.2, -0.15) is 11.8 Å². The Morgan fingerprint density at radius 2 is 1.90 bits per heavy atom. The Labute approximate surface area is 126 Å². The molecule has 1 aliphatic rings. The molecule has 1 aromatic rings. The second-order valence-electron chi connectivity index (χ2n) is 5.42. The minimum absolute atomic E-state index is 0.424. The Bertz CT molecular complexity index is 426. The normalized spacial score (nSPS) is 16.6. The zero-order chi connectivity index (χ0) is 14.4. The summed E-state index contributed by atoms with van der Waals surface area (Å²) in [6.45, 7) is 6.29. The Morgan fingerprint density at radius 3 is 2.40 bits per heavy atom. The summed E-state index contributed by atoms with van der Waals surface area (Å²) in [4.78, 5) is 8.82.